The van der Waals surface area contributed by atoms with E-state index in [0.29, 0.717) is 5.56 Å². The maximum Gasteiger partial charge on any atom is 0.252 e. The highest BCUT2D eigenvalue weighted by Gasteiger charge is 2.17. The SMILES string of the molecule is Cc1cccc(C(=O)NC(C)C(=O)NCCF)c1C. The van der Waals surface area contributed by atoms with Crippen LogP contribution >= 0.6 is 0 Å². The molecule has 5 heteroatoms. The third-order valence-electron chi connectivity index (χ3n) is 2.98. The predicted molar refractivity (Wildman–Crippen MR) is 71.8 cm³/mol. The summed E-state index contributed by atoms with van der Waals surface area (Å²) in [6.45, 7) is 4.68. The molecule has 1 rings (SSSR count). The summed E-state index contributed by atoms with van der Waals surface area (Å²) in [7, 11) is 0. The molecule has 0 aliphatic carbocycles. The first-order valence-corrected chi connectivity index (χ1v) is 6.18. The molecule has 0 fully saturated rings. The molecule has 0 heterocycles. The van der Waals surface area contributed by atoms with Crippen molar-refractivity contribution in [1.82, 2.24) is 10.6 Å². The van der Waals surface area contributed by atoms with Crippen LogP contribution in [0, 0.1) is 13.8 Å². The minimum absolute atomic E-state index is 0.0392. The van der Waals surface area contributed by atoms with Gasteiger partial charge in [0.15, 0.2) is 0 Å². The quantitative estimate of drug-likeness (QED) is 0.848. The number of benzene rings is 1. The van der Waals surface area contributed by atoms with Gasteiger partial charge in [-0.2, -0.15) is 0 Å². The van der Waals surface area contributed by atoms with E-state index in [1.807, 2.05) is 19.9 Å². The average Bonchev–Trinajstić information content (AvgIpc) is 2.38. The summed E-state index contributed by atoms with van der Waals surface area (Å²) in [4.78, 5) is 23.6. The van der Waals surface area contributed by atoms with Crippen LogP contribution in [0.25, 0.3) is 0 Å². The molecule has 0 saturated heterocycles. The summed E-state index contributed by atoms with van der Waals surface area (Å²) in [6.07, 6.45) is 0. The molecule has 1 atom stereocenters. The molecule has 1 aromatic rings. The van der Waals surface area contributed by atoms with Crippen molar-refractivity contribution in [2.75, 3.05) is 13.2 Å². The van der Waals surface area contributed by atoms with Crippen LogP contribution in [0.15, 0.2) is 18.2 Å². The zero-order valence-corrected chi connectivity index (χ0v) is 11.4. The van der Waals surface area contributed by atoms with Crippen LogP contribution in [0.4, 0.5) is 4.39 Å². The maximum atomic E-state index is 12.0. The molecule has 1 unspecified atom stereocenters. The fourth-order valence-corrected chi connectivity index (χ4v) is 1.66. The number of amides is 2. The third kappa shape index (κ3) is 4.05. The average molecular weight is 266 g/mol. The summed E-state index contributed by atoms with van der Waals surface area (Å²) >= 11 is 0. The number of alkyl halides is 1. The van der Waals surface area contributed by atoms with Gasteiger partial charge in [-0.1, -0.05) is 12.1 Å². The van der Waals surface area contributed by atoms with Gasteiger partial charge in [0.25, 0.3) is 5.91 Å². The summed E-state index contributed by atoms with van der Waals surface area (Å²) in [6, 6.07) is 4.73. The molecular weight excluding hydrogens is 247 g/mol. The van der Waals surface area contributed by atoms with Gasteiger partial charge >= 0.3 is 0 Å². The molecule has 0 saturated carbocycles. The normalized spacial score (nSPS) is 11.8. The Morgan fingerprint density at radius 1 is 1.32 bits per heavy atom. The van der Waals surface area contributed by atoms with Crippen LogP contribution < -0.4 is 10.6 Å². The van der Waals surface area contributed by atoms with Gasteiger partial charge in [-0.3, -0.25) is 9.59 Å². The Morgan fingerprint density at radius 2 is 2.00 bits per heavy atom. The Bertz CT molecular complexity index is 475. The van der Waals surface area contributed by atoms with Crippen LogP contribution in [0.1, 0.15) is 28.4 Å². The zero-order valence-electron chi connectivity index (χ0n) is 11.4. The molecule has 104 valence electrons. The van der Waals surface area contributed by atoms with Gasteiger partial charge in [-0.05, 0) is 38.0 Å². The van der Waals surface area contributed by atoms with Crippen molar-refractivity contribution in [3.63, 3.8) is 0 Å². The van der Waals surface area contributed by atoms with E-state index in [1.54, 1.807) is 19.1 Å². The number of halogens is 1. The number of carbonyl (C=O) groups excluding carboxylic acids is 2. The van der Waals surface area contributed by atoms with Gasteiger partial charge in [-0.25, -0.2) is 4.39 Å². The Morgan fingerprint density at radius 3 is 2.63 bits per heavy atom. The Hall–Kier alpha value is -1.91. The molecule has 0 bridgehead atoms. The second-order valence-corrected chi connectivity index (χ2v) is 4.42. The largest absolute Gasteiger partial charge is 0.352 e. The van der Waals surface area contributed by atoms with Gasteiger partial charge in [0.2, 0.25) is 5.91 Å². The van der Waals surface area contributed by atoms with Crippen molar-refractivity contribution < 1.29 is 14.0 Å². The van der Waals surface area contributed by atoms with Gasteiger partial charge in [0, 0.05) is 12.1 Å². The van der Waals surface area contributed by atoms with Gasteiger partial charge < -0.3 is 10.6 Å². The summed E-state index contributed by atoms with van der Waals surface area (Å²) in [5.41, 5.74) is 2.45. The molecule has 4 nitrogen and oxygen atoms in total. The van der Waals surface area contributed by atoms with Gasteiger partial charge in [0.05, 0.1) is 0 Å². The number of carbonyl (C=O) groups is 2. The van der Waals surface area contributed by atoms with E-state index in [9.17, 15) is 14.0 Å². The Labute approximate surface area is 112 Å². The molecular formula is C14H19FN2O2. The van der Waals surface area contributed by atoms with Crippen LogP contribution in [0.5, 0.6) is 0 Å². The Kier molecular flexibility index (Phi) is 5.48. The first-order chi connectivity index (χ1) is 8.97. The first-order valence-electron chi connectivity index (χ1n) is 6.18. The third-order valence-corrected chi connectivity index (χ3v) is 2.98. The minimum Gasteiger partial charge on any atom is -0.352 e. The maximum absolute atomic E-state index is 12.0. The standard InChI is InChI=1S/C14H19FN2O2/c1-9-5-4-6-12(10(9)2)14(19)17-11(3)13(18)16-8-7-15/h4-6,11H,7-8H2,1-3H3,(H,16,18)(H,17,19). The number of rotatable bonds is 5. The molecule has 0 radical (unpaired) electrons. The van der Waals surface area contributed by atoms with Gasteiger partial charge in [-0.15, -0.1) is 0 Å². The highest BCUT2D eigenvalue weighted by atomic mass is 19.1. The lowest BCUT2D eigenvalue weighted by Crippen LogP contribution is -2.45. The topological polar surface area (TPSA) is 58.2 Å². The highest BCUT2D eigenvalue weighted by Crippen LogP contribution is 2.12. The van der Waals surface area contributed by atoms with Crippen LogP contribution in [-0.2, 0) is 4.79 Å². The van der Waals surface area contributed by atoms with E-state index in [1.165, 1.54) is 0 Å². The van der Waals surface area contributed by atoms with Crippen LogP contribution in [-0.4, -0.2) is 31.1 Å². The van der Waals surface area contributed by atoms with Crippen molar-refractivity contribution in [1.29, 1.82) is 0 Å². The monoisotopic (exact) mass is 266 g/mol. The molecule has 1 aromatic carbocycles. The molecule has 19 heavy (non-hydrogen) atoms. The second-order valence-electron chi connectivity index (χ2n) is 4.42. The highest BCUT2D eigenvalue weighted by molar-refractivity contribution is 5.98. The lowest BCUT2D eigenvalue weighted by molar-refractivity contribution is -0.122. The van der Waals surface area contributed by atoms with Crippen molar-refractivity contribution >= 4 is 11.8 Å². The van der Waals surface area contributed by atoms with E-state index < -0.39 is 18.6 Å². The van der Waals surface area contributed by atoms with Crippen molar-refractivity contribution in [3.05, 3.63) is 34.9 Å². The van der Waals surface area contributed by atoms with Crippen molar-refractivity contribution in [3.8, 4) is 0 Å². The van der Waals surface area contributed by atoms with Crippen molar-refractivity contribution in [2.24, 2.45) is 0 Å². The van der Waals surface area contributed by atoms with Crippen LogP contribution in [0.2, 0.25) is 0 Å². The van der Waals surface area contributed by atoms with E-state index in [4.69, 9.17) is 0 Å². The second kappa shape index (κ2) is 6.87. The molecule has 0 spiro atoms. The van der Waals surface area contributed by atoms with Gasteiger partial charge in [0.1, 0.15) is 12.7 Å². The van der Waals surface area contributed by atoms with E-state index in [0.717, 1.165) is 11.1 Å². The first kappa shape index (κ1) is 15.1. The molecule has 2 amide bonds. The Balaban J connectivity index is 2.69. The van der Waals surface area contributed by atoms with Crippen molar-refractivity contribution in [2.45, 2.75) is 26.8 Å². The van der Waals surface area contributed by atoms with Crippen LogP contribution in [0.3, 0.4) is 0 Å². The number of hydrogen-bond donors (Lipinski definition) is 2. The summed E-state index contributed by atoms with van der Waals surface area (Å²) in [5, 5.41) is 4.99. The van der Waals surface area contributed by atoms with E-state index in [-0.39, 0.29) is 12.5 Å². The zero-order chi connectivity index (χ0) is 14.4. The molecule has 0 aromatic heterocycles. The summed E-state index contributed by atoms with van der Waals surface area (Å²) < 4.78 is 11.9. The number of nitrogens with one attached hydrogen (secondary N) is 2. The molecule has 2 N–H and O–H groups in total. The summed E-state index contributed by atoms with van der Waals surface area (Å²) in [5.74, 6) is -0.694. The van der Waals surface area contributed by atoms with E-state index >= 15 is 0 Å². The predicted octanol–water partition coefficient (Wildman–Crippen LogP) is 1.51. The smallest absolute Gasteiger partial charge is 0.252 e. The number of hydrogen-bond acceptors (Lipinski definition) is 2. The fourth-order valence-electron chi connectivity index (χ4n) is 1.66. The van der Waals surface area contributed by atoms with E-state index in [2.05, 4.69) is 10.6 Å². The lowest BCUT2D eigenvalue weighted by atomic mass is 10.0. The fraction of sp³-hybridized carbons (Fsp3) is 0.429. The minimum atomic E-state index is -0.695. The molecule has 0 aliphatic heterocycles. The molecule has 0 aliphatic rings. The number of aryl methyl sites for hydroxylation is 1. The lowest BCUT2D eigenvalue weighted by Gasteiger charge is -2.15.